The van der Waals surface area contributed by atoms with Crippen LogP contribution in [-0.2, 0) is 18.3 Å². The van der Waals surface area contributed by atoms with Gasteiger partial charge in [-0.1, -0.05) is 30.3 Å². The smallest absolute Gasteiger partial charge is 0.239 e. The van der Waals surface area contributed by atoms with E-state index in [0.29, 0.717) is 24.3 Å². The maximum Gasteiger partial charge on any atom is 0.239 e. The quantitative estimate of drug-likeness (QED) is 0.800. The summed E-state index contributed by atoms with van der Waals surface area (Å²) in [4.78, 5) is 17.5. The minimum Gasteiger partial charge on any atom is -0.308 e. The number of nitrogens with one attached hydrogen (secondary N) is 1. The van der Waals surface area contributed by atoms with Crippen molar-refractivity contribution < 1.29 is 4.79 Å². The van der Waals surface area contributed by atoms with Gasteiger partial charge < -0.3 is 10.2 Å². The van der Waals surface area contributed by atoms with Gasteiger partial charge >= 0.3 is 0 Å². The Balaban J connectivity index is 1.27. The van der Waals surface area contributed by atoms with E-state index in [1.54, 1.807) is 4.68 Å². The fourth-order valence-electron chi connectivity index (χ4n) is 4.65. The summed E-state index contributed by atoms with van der Waals surface area (Å²) in [6.07, 6.45) is 6.68. The molecular weight excluding hydrogens is 350 g/mol. The SMILES string of the molecule is Cn1ccc(NC(=O)CN2C[C@H]3CC[C@@H]2CN(CCCc2ccccc2)C3)n1. The van der Waals surface area contributed by atoms with Crippen molar-refractivity contribution in [1.82, 2.24) is 19.6 Å². The third kappa shape index (κ3) is 5.00. The fourth-order valence-corrected chi connectivity index (χ4v) is 4.65. The van der Waals surface area contributed by atoms with E-state index in [-0.39, 0.29) is 5.91 Å². The first-order valence-electron chi connectivity index (χ1n) is 10.5. The van der Waals surface area contributed by atoms with Gasteiger partial charge in [-0.25, -0.2) is 0 Å². The van der Waals surface area contributed by atoms with Crippen LogP contribution in [0, 0.1) is 5.92 Å². The summed E-state index contributed by atoms with van der Waals surface area (Å²) in [5.41, 5.74) is 1.42. The molecule has 2 atom stereocenters. The molecule has 0 aliphatic carbocycles. The first kappa shape index (κ1) is 19.2. The molecule has 1 aromatic heterocycles. The number of carbonyl (C=O) groups is 1. The predicted octanol–water partition coefficient (Wildman–Crippen LogP) is 2.39. The van der Waals surface area contributed by atoms with E-state index < -0.39 is 0 Å². The lowest BCUT2D eigenvalue weighted by Crippen LogP contribution is -2.47. The second-order valence-corrected chi connectivity index (χ2v) is 8.30. The number of carbonyl (C=O) groups excluding carboxylic acids is 1. The monoisotopic (exact) mass is 381 g/mol. The maximum absolute atomic E-state index is 12.5. The second-order valence-electron chi connectivity index (χ2n) is 8.30. The topological polar surface area (TPSA) is 53.4 Å². The average molecular weight is 382 g/mol. The molecule has 5 rings (SSSR count). The number of nitrogens with zero attached hydrogens (tertiary/aromatic N) is 4. The Morgan fingerprint density at radius 3 is 2.79 bits per heavy atom. The van der Waals surface area contributed by atoms with Gasteiger partial charge in [0.25, 0.3) is 0 Å². The van der Waals surface area contributed by atoms with Crippen molar-refractivity contribution in [1.29, 1.82) is 0 Å². The molecule has 4 heterocycles. The van der Waals surface area contributed by atoms with Gasteiger partial charge in [0.15, 0.2) is 5.82 Å². The number of rotatable bonds is 7. The van der Waals surface area contributed by atoms with E-state index in [1.807, 2.05) is 19.3 Å². The van der Waals surface area contributed by atoms with Crippen molar-refractivity contribution in [3.05, 3.63) is 48.2 Å². The lowest BCUT2D eigenvalue weighted by Gasteiger charge is -2.35. The Morgan fingerprint density at radius 2 is 2.00 bits per heavy atom. The standard InChI is InChI=1S/C22H31N5O/c1-25-13-11-21(24-25)23-22(28)17-27-15-19-9-10-20(27)16-26(14-19)12-5-8-18-6-3-2-4-7-18/h2-4,6-7,11,13,19-20H,5,8-10,12,14-17H2,1H3,(H,23,24,28)/t19-,20+/m0/s1. The van der Waals surface area contributed by atoms with Gasteiger partial charge in [0.1, 0.15) is 0 Å². The minimum atomic E-state index is 0.0434. The van der Waals surface area contributed by atoms with Gasteiger partial charge in [0.2, 0.25) is 5.91 Å². The summed E-state index contributed by atoms with van der Waals surface area (Å²) in [5.74, 6) is 1.36. The van der Waals surface area contributed by atoms with Gasteiger partial charge in [0.05, 0.1) is 6.54 Å². The van der Waals surface area contributed by atoms with Gasteiger partial charge in [-0.05, 0) is 43.7 Å². The highest BCUT2D eigenvalue weighted by Crippen LogP contribution is 2.28. The summed E-state index contributed by atoms with van der Waals surface area (Å²) in [7, 11) is 1.86. The Morgan fingerprint density at radius 1 is 1.14 bits per heavy atom. The number of anilines is 1. The highest BCUT2D eigenvalue weighted by atomic mass is 16.2. The number of piperidine rings is 1. The molecule has 28 heavy (non-hydrogen) atoms. The van der Waals surface area contributed by atoms with E-state index in [0.717, 1.165) is 26.1 Å². The van der Waals surface area contributed by atoms with Crippen LogP contribution in [0.2, 0.25) is 0 Å². The summed E-state index contributed by atoms with van der Waals surface area (Å²) >= 11 is 0. The van der Waals surface area contributed by atoms with Gasteiger partial charge in [-0.15, -0.1) is 0 Å². The van der Waals surface area contributed by atoms with Crippen LogP contribution in [0.4, 0.5) is 5.82 Å². The molecule has 1 amide bonds. The van der Waals surface area contributed by atoms with Crippen molar-refractivity contribution in [3.8, 4) is 0 Å². The number of aromatic nitrogens is 2. The third-order valence-electron chi connectivity index (χ3n) is 6.01. The van der Waals surface area contributed by atoms with Crippen LogP contribution >= 0.6 is 0 Å². The number of benzene rings is 1. The zero-order chi connectivity index (χ0) is 19.3. The largest absolute Gasteiger partial charge is 0.308 e. The Labute approximate surface area is 167 Å². The highest BCUT2D eigenvalue weighted by molar-refractivity contribution is 5.91. The van der Waals surface area contributed by atoms with Gasteiger partial charge in [0, 0.05) is 45.0 Å². The zero-order valence-corrected chi connectivity index (χ0v) is 16.8. The average Bonchev–Trinajstić information content (AvgIpc) is 2.89. The van der Waals surface area contributed by atoms with Crippen molar-refractivity contribution in [2.45, 2.75) is 31.7 Å². The highest BCUT2D eigenvalue weighted by Gasteiger charge is 2.35. The molecule has 1 N–H and O–H groups in total. The summed E-state index contributed by atoms with van der Waals surface area (Å²) in [5, 5.41) is 7.17. The van der Waals surface area contributed by atoms with Crippen LogP contribution in [0.15, 0.2) is 42.6 Å². The molecule has 150 valence electrons. The number of amides is 1. The number of fused-ring (bicyclic) bond motifs is 4. The van der Waals surface area contributed by atoms with E-state index in [1.165, 1.54) is 31.4 Å². The van der Waals surface area contributed by atoms with E-state index in [2.05, 4.69) is 50.5 Å². The fraction of sp³-hybridized carbons (Fsp3) is 0.545. The van der Waals surface area contributed by atoms with Crippen LogP contribution in [0.5, 0.6) is 0 Å². The Kier molecular flexibility index (Phi) is 6.07. The molecule has 3 aliphatic heterocycles. The molecule has 0 saturated carbocycles. The minimum absolute atomic E-state index is 0.0434. The summed E-state index contributed by atoms with van der Waals surface area (Å²) in [6.45, 7) is 4.91. The number of hydrogen-bond acceptors (Lipinski definition) is 4. The summed E-state index contributed by atoms with van der Waals surface area (Å²) < 4.78 is 1.71. The molecule has 2 aromatic rings. The van der Waals surface area contributed by atoms with Crippen molar-refractivity contribution in [2.24, 2.45) is 13.0 Å². The van der Waals surface area contributed by atoms with Gasteiger partial charge in [-0.3, -0.25) is 14.4 Å². The van der Waals surface area contributed by atoms with Crippen LogP contribution < -0.4 is 5.32 Å². The molecule has 6 nitrogen and oxygen atoms in total. The number of aryl methyl sites for hydroxylation is 2. The Hall–Kier alpha value is -2.18. The van der Waals surface area contributed by atoms with Crippen LogP contribution in [-0.4, -0.2) is 64.3 Å². The maximum atomic E-state index is 12.5. The molecule has 3 aliphatic rings. The van der Waals surface area contributed by atoms with E-state index in [4.69, 9.17) is 0 Å². The van der Waals surface area contributed by atoms with Crippen molar-refractivity contribution in [3.63, 3.8) is 0 Å². The molecule has 3 saturated heterocycles. The van der Waals surface area contributed by atoms with Gasteiger partial charge in [-0.2, -0.15) is 5.10 Å². The van der Waals surface area contributed by atoms with Crippen LogP contribution in [0.3, 0.4) is 0 Å². The molecule has 0 spiro atoms. The van der Waals surface area contributed by atoms with Crippen molar-refractivity contribution >= 4 is 11.7 Å². The molecule has 0 radical (unpaired) electrons. The lowest BCUT2D eigenvalue weighted by molar-refractivity contribution is -0.118. The normalized spacial score (nSPS) is 22.9. The Bertz CT molecular complexity index is 774. The first-order chi connectivity index (χ1) is 13.7. The zero-order valence-electron chi connectivity index (χ0n) is 16.8. The lowest BCUT2D eigenvalue weighted by atomic mass is 9.95. The van der Waals surface area contributed by atoms with Crippen molar-refractivity contribution in [2.75, 3.05) is 38.0 Å². The van der Waals surface area contributed by atoms with E-state index in [9.17, 15) is 4.79 Å². The van der Waals surface area contributed by atoms with E-state index >= 15 is 0 Å². The second kappa shape index (κ2) is 8.88. The predicted molar refractivity (Wildman–Crippen MR) is 111 cm³/mol. The summed E-state index contributed by atoms with van der Waals surface area (Å²) in [6, 6.07) is 13.1. The number of hydrogen-bond donors (Lipinski definition) is 1. The van der Waals surface area contributed by atoms with Crippen LogP contribution in [0.25, 0.3) is 0 Å². The molecule has 6 heteroatoms. The molecule has 1 aromatic carbocycles. The molecule has 2 bridgehead atoms. The molecule has 0 unspecified atom stereocenters. The third-order valence-corrected chi connectivity index (χ3v) is 6.01. The first-order valence-corrected chi connectivity index (χ1v) is 10.5. The molecule has 3 fully saturated rings. The van der Waals surface area contributed by atoms with Crippen LogP contribution in [0.1, 0.15) is 24.8 Å². The molecular formula is C22H31N5O.